The van der Waals surface area contributed by atoms with Crippen molar-refractivity contribution in [2.24, 2.45) is 5.92 Å². The third-order valence-corrected chi connectivity index (χ3v) is 6.01. The summed E-state index contributed by atoms with van der Waals surface area (Å²) in [7, 11) is 0. The number of anilines is 1. The summed E-state index contributed by atoms with van der Waals surface area (Å²) in [6, 6.07) is 5.22. The highest BCUT2D eigenvalue weighted by Gasteiger charge is 2.27. The fraction of sp³-hybridized carbons (Fsp3) is 0.524. The molecule has 2 aromatic heterocycles. The summed E-state index contributed by atoms with van der Waals surface area (Å²) in [4.78, 5) is 15.8. The van der Waals surface area contributed by atoms with Crippen LogP contribution in [0.4, 0.5) is 11.4 Å². The van der Waals surface area contributed by atoms with Crippen molar-refractivity contribution in [1.82, 2.24) is 14.8 Å². The number of nitrogens with zero attached hydrogens (tertiary/aromatic N) is 4. The molecule has 4 rings (SSSR count). The second kappa shape index (κ2) is 7.73. The van der Waals surface area contributed by atoms with Gasteiger partial charge in [0.25, 0.3) is 5.69 Å². The summed E-state index contributed by atoms with van der Waals surface area (Å²) < 4.78 is 2.10. The molecular formula is C21H27N5O2. The predicted molar refractivity (Wildman–Crippen MR) is 112 cm³/mol. The summed E-state index contributed by atoms with van der Waals surface area (Å²) in [5, 5.41) is 21.1. The van der Waals surface area contributed by atoms with Crippen LogP contribution in [0.1, 0.15) is 58.4 Å². The molecule has 7 heteroatoms. The molecular weight excluding hydrogens is 354 g/mol. The Morgan fingerprint density at radius 2 is 2.04 bits per heavy atom. The van der Waals surface area contributed by atoms with E-state index in [2.05, 4.69) is 16.9 Å². The van der Waals surface area contributed by atoms with Crippen LogP contribution in [0.2, 0.25) is 0 Å². The third kappa shape index (κ3) is 3.19. The highest BCUT2D eigenvalue weighted by Crippen LogP contribution is 2.38. The van der Waals surface area contributed by atoms with E-state index in [0.717, 1.165) is 40.6 Å². The van der Waals surface area contributed by atoms with Crippen LogP contribution >= 0.6 is 0 Å². The molecule has 0 aliphatic heterocycles. The van der Waals surface area contributed by atoms with E-state index in [1.54, 1.807) is 12.1 Å². The SMILES string of the molecule is CCNc1c2cc([N+](=O)[O-])ccc2nc2c1cnn2[C@@H](CC)C1CCCCC1. The minimum Gasteiger partial charge on any atom is -0.384 e. The van der Waals surface area contributed by atoms with Crippen LogP contribution in [0.3, 0.4) is 0 Å². The fourth-order valence-corrected chi connectivity index (χ4v) is 4.67. The number of non-ortho nitro benzene ring substituents is 1. The fourth-order valence-electron chi connectivity index (χ4n) is 4.67. The van der Waals surface area contributed by atoms with Crippen LogP contribution in [0, 0.1) is 16.0 Å². The second-order valence-electron chi connectivity index (χ2n) is 7.68. The van der Waals surface area contributed by atoms with Crippen LogP contribution in [-0.2, 0) is 0 Å². The molecule has 1 aliphatic rings. The molecule has 0 saturated heterocycles. The zero-order valence-electron chi connectivity index (χ0n) is 16.5. The van der Waals surface area contributed by atoms with E-state index in [1.807, 2.05) is 13.1 Å². The van der Waals surface area contributed by atoms with Gasteiger partial charge in [0.05, 0.1) is 33.8 Å². The average molecular weight is 381 g/mol. The van der Waals surface area contributed by atoms with Gasteiger partial charge in [-0.3, -0.25) is 10.1 Å². The van der Waals surface area contributed by atoms with Gasteiger partial charge in [-0.25, -0.2) is 9.67 Å². The summed E-state index contributed by atoms with van der Waals surface area (Å²) in [5.74, 6) is 0.638. The number of aromatic nitrogens is 3. The predicted octanol–water partition coefficient (Wildman–Crippen LogP) is 5.46. The van der Waals surface area contributed by atoms with Crippen LogP contribution in [0.5, 0.6) is 0 Å². The zero-order valence-corrected chi connectivity index (χ0v) is 16.5. The van der Waals surface area contributed by atoms with Gasteiger partial charge in [-0.1, -0.05) is 26.2 Å². The normalized spacial score (nSPS) is 16.5. The molecule has 0 radical (unpaired) electrons. The van der Waals surface area contributed by atoms with Gasteiger partial charge in [-0.05, 0) is 38.2 Å². The number of benzene rings is 1. The molecule has 0 amide bonds. The summed E-state index contributed by atoms with van der Waals surface area (Å²) in [5.41, 5.74) is 2.59. The smallest absolute Gasteiger partial charge is 0.270 e. The van der Waals surface area contributed by atoms with Crippen LogP contribution < -0.4 is 5.32 Å². The van der Waals surface area contributed by atoms with Gasteiger partial charge >= 0.3 is 0 Å². The Morgan fingerprint density at radius 1 is 1.25 bits per heavy atom. The van der Waals surface area contributed by atoms with Crippen molar-refractivity contribution in [2.75, 3.05) is 11.9 Å². The number of hydrogen-bond donors (Lipinski definition) is 1. The number of pyridine rings is 1. The van der Waals surface area contributed by atoms with Crippen LogP contribution in [0.15, 0.2) is 24.4 Å². The lowest BCUT2D eigenvalue weighted by Crippen LogP contribution is -2.22. The van der Waals surface area contributed by atoms with Crippen molar-refractivity contribution in [1.29, 1.82) is 0 Å². The number of nitro benzene ring substituents is 1. The lowest BCUT2D eigenvalue weighted by molar-refractivity contribution is -0.384. The van der Waals surface area contributed by atoms with E-state index < -0.39 is 0 Å². The van der Waals surface area contributed by atoms with E-state index in [4.69, 9.17) is 10.1 Å². The van der Waals surface area contributed by atoms with Gasteiger partial charge in [0, 0.05) is 24.1 Å². The maximum absolute atomic E-state index is 11.2. The monoisotopic (exact) mass is 381 g/mol. The lowest BCUT2D eigenvalue weighted by atomic mass is 9.83. The zero-order chi connectivity index (χ0) is 19.7. The molecule has 0 bridgehead atoms. The van der Waals surface area contributed by atoms with Crippen molar-refractivity contribution in [3.63, 3.8) is 0 Å². The lowest BCUT2D eigenvalue weighted by Gasteiger charge is -2.30. The molecule has 0 unspecified atom stereocenters. The molecule has 1 fully saturated rings. The summed E-state index contributed by atoms with van der Waals surface area (Å²) in [6.07, 6.45) is 9.31. The molecule has 1 atom stereocenters. The first-order valence-corrected chi connectivity index (χ1v) is 10.3. The Hall–Kier alpha value is -2.70. The quantitative estimate of drug-likeness (QED) is 0.453. The molecule has 0 spiro atoms. The van der Waals surface area contributed by atoms with Crippen molar-refractivity contribution >= 4 is 33.3 Å². The molecule has 1 N–H and O–H groups in total. The number of fused-ring (bicyclic) bond motifs is 2. The number of nitro groups is 1. The molecule has 3 aromatic rings. The minimum absolute atomic E-state index is 0.0776. The van der Waals surface area contributed by atoms with Crippen LogP contribution in [0.25, 0.3) is 21.9 Å². The van der Waals surface area contributed by atoms with E-state index >= 15 is 0 Å². The minimum atomic E-state index is -0.362. The highest BCUT2D eigenvalue weighted by atomic mass is 16.6. The molecule has 7 nitrogen and oxygen atoms in total. The Labute approximate surface area is 164 Å². The molecule has 1 aromatic carbocycles. The molecule has 1 saturated carbocycles. The van der Waals surface area contributed by atoms with Gasteiger partial charge in [0.15, 0.2) is 5.65 Å². The van der Waals surface area contributed by atoms with Gasteiger partial charge in [0.2, 0.25) is 0 Å². The molecule has 148 valence electrons. The summed E-state index contributed by atoms with van der Waals surface area (Å²) >= 11 is 0. The van der Waals surface area contributed by atoms with E-state index in [0.29, 0.717) is 12.0 Å². The first kappa shape index (κ1) is 18.7. The van der Waals surface area contributed by atoms with Gasteiger partial charge < -0.3 is 5.32 Å². The van der Waals surface area contributed by atoms with Crippen molar-refractivity contribution in [3.05, 3.63) is 34.5 Å². The maximum Gasteiger partial charge on any atom is 0.270 e. The van der Waals surface area contributed by atoms with Crippen molar-refractivity contribution in [2.45, 2.75) is 58.4 Å². The Kier molecular flexibility index (Phi) is 5.15. The number of hydrogen-bond acceptors (Lipinski definition) is 5. The van der Waals surface area contributed by atoms with Crippen molar-refractivity contribution < 1.29 is 4.92 Å². The first-order chi connectivity index (χ1) is 13.6. The molecule has 28 heavy (non-hydrogen) atoms. The molecule has 1 aliphatic carbocycles. The Bertz CT molecular complexity index is 1010. The van der Waals surface area contributed by atoms with E-state index in [-0.39, 0.29) is 10.6 Å². The van der Waals surface area contributed by atoms with Crippen molar-refractivity contribution in [3.8, 4) is 0 Å². The standard InChI is InChI=1S/C21H27N5O2/c1-3-19(14-8-6-5-7-9-14)25-21-17(13-23-25)20(22-4-2)16-12-15(26(27)28)10-11-18(16)24-21/h10-14,19H,3-9H2,1-2H3,(H,22,24)/t19-/m0/s1. The average Bonchev–Trinajstić information content (AvgIpc) is 3.12. The van der Waals surface area contributed by atoms with Gasteiger partial charge in [0.1, 0.15) is 0 Å². The van der Waals surface area contributed by atoms with Gasteiger partial charge in [-0.15, -0.1) is 0 Å². The Morgan fingerprint density at radius 3 is 2.71 bits per heavy atom. The maximum atomic E-state index is 11.2. The summed E-state index contributed by atoms with van der Waals surface area (Å²) in [6.45, 7) is 4.97. The van der Waals surface area contributed by atoms with E-state index in [1.165, 1.54) is 38.2 Å². The third-order valence-electron chi connectivity index (χ3n) is 6.01. The second-order valence-corrected chi connectivity index (χ2v) is 7.68. The Balaban J connectivity index is 1.89. The van der Waals surface area contributed by atoms with Crippen LogP contribution in [-0.4, -0.2) is 26.2 Å². The number of rotatable bonds is 6. The van der Waals surface area contributed by atoms with Gasteiger partial charge in [-0.2, -0.15) is 5.10 Å². The largest absolute Gasteiger partial charge is 0.384 e. The highest BCUT2D eigenvalue weighted by molar-refractivity contribution is 6.07. The topological polar surface area (TPSA) is 85.9 Å². The first-order valence-electron chi connectivity index (χ1n) is 10.3. The number of nitrogens with one attached hydrogen (secondary N) is 1. The van der Waals surface area contributed by atoms with E-state index in [9.17, 15) is 10.1 Å². The molecule has 2 heterocycles.